The van der Waals surface area contributed by atoms with Gasteiger partial charge in [-0.1, -0.05) is 91.9 Å². The average Bonchev–Trinajstić information content (AvgIpc) is 2.77. The van der Waals surface area contributed by atoms with E-state index < -0.39 is 0 Å². The van der Waals surface area contributed by atoms with Crippen LogP contribution in [-0.4, -0.2) is 6.41 Å². The molecular formula is C26H25NO. The van der Waals surface area contributed by atoms with Crippen molar-refractivity contribution in [2.75, 3.05) is 4.90 Å². The maximum Gasteiger partial charge on any atom is 0.218 e. The Balaban J connectivity index is 1.94. The molecule has 0 heterocycles. The van der Waals surface area contributed by atoms with E-state index in [0.29, 0.717) is 0 Å². The van der Waals surface area contributed by atoms with E-state index in [1.807, 2.05) is 54.6 Å². The summed E-state index contributed by atoms with van der Waals surface area (Å²) < 4.78 is 0. The lowest BCUT2D eigenvalue weighted by atomic mass is 10.0. The van der Waals surface area contributed by atoms with Gasteiger partial charge in [-0.3, -0.25) is 9.69 Å². The van der Waals surface area contributed by atoms with E-state index in [-0.39, 0.29) is 0 Å². The molecule has 0 aromatic heterocycles. The van der Waals surface area contributed by atoms with Crippen molar-refractivity contribution in [2.45, 2.75) is 19.8 Å². The maximum absolute atomic E-state index is 12.0. The number of nitrogens with zero attached hydrogens (tertiary/aromatic N) is 1. The summed E-state index contributed by atoms with van der Waals surface area (Å²) in [6, 6.07) is 28.6. The zero-order chi connectivity index (χ0) is 19.6. The molecule has 2 nitrogen and oxygen atoms in total. The monoisotopic (exact) mass is 367 g/mol. The molecule has 0 aliphatic carbocycles. The number of rotatable bonds is 8. The Hall–Kier alpha value is -3.39. The first-order valence-electron chi connectivity index (χ1n) is 9.62. The van der Waals surface area contributed by atoms with E-state index >= 15 is 0 Å². The lowest BCUT2D eigenvalue weighted by Gasteiger charge is -2.20. The van der Waals surface area contributed by atoms with Crippen molar-refractivity contribution in [3.63, 3.8) is 0 Å². The van der Waals surface area contributed by atoms with Gasteiger partial charge in [-0.25, -0.2) is 0 Å². The predicted octanol–water partition coefficient (Wildman–Crippen LogP) is 6.41. The summed E-state index contributed by atoms with van der Waals surface area (Å²) >= 11 is 0. The van der Waals surface area contributed by atoms with Crippen molar-refractivity contribution in [2.24, 2.45) is 0 Å². The third kappa shape index (κ3) is 5.08. The number of amides is 1. The Kier molecular flexibility index (Phi) is 6.97. The van der Waals surface area contributed by atoms with E-state index in [9.17, 15) is 4.79 Å². The Bertz CT molecular complexity index is 942. The summed E-state index contributed by atoms with van der Waals surface area (Å²) in [5.74, 6) is 0. The van der Waals surface area contributed by atoms with Crippen LogP contribution in [-0.2, 0) is 11.2 Å². The minimum Gasteiger partial charge on any atom is -0.284 e. The minimum absolute atomic E-state index is 0.771. The summed E-state index contributed by atoms with van der Waals surface area (Å²) in [5.41, 5.74) is 5.18. The highest BCUT2D eigenvalue weighted by Gasteiger charge is 2.10. The predicted molar refractivity (Wildman–Crippen MR) is 118 cm³/mol. The maximum atomic E-state index is 12.0. The largest absolute Gasteiger partial charge is 0.284 e. The molecule has 1 amide bonds. The lowest BCUT2D eigenvalue weighted by molar-refractivity contribution is -0.107. The van der Waals surface area contributed by atoms with Crippen LogP contribution >= 0.6 is 0 Å². The van der Waals surface area contributed by atoms with Crippen LogP contribution < -0.4 is 4.90 Å². The van der Waals surface area contributed by atoms with Gasteiger partial charge in [-0.2, -0.15) is 0 Å². The fourth-order valence-corrected chi connectivity index (χ4v) is 3.06. The number of hydrogen-bond acceptors (Lipinski definition) is 1. The van der Waals surface area contributed by atoms with Crippen LogP contribution in [0.5, 0.6) is 0 Å². The number of anilines is 1. The van der Waals surface area contributed by atoms with E-state index in [2.05, 4.69) is 55.5 Å². The average molecular weight is 367 g/mol. The first-order valence-corrected chi connectivity index (χ1v) is 9.62. The molecule has 0 radical (unpaired) electrons. The zero-order valence-corrected chi connectivity index (χ0v) is 16.2. The summed E-state index contributed by atoms with van der Waals surface area (Å²) in [5, 5.41) is 0. The van der Waals surface area contributed by atoms with Gasteiger partial charge in [0.1, 0.15) is 0 Å². The van der Waals surface area contributed by atoms with Gasteiger partial charge in [0.05, 0.1) is 0 Å². The Morgan fingerprint density at radius 1 is 0.857 bits per heavy atom. The van der Waals surface area contributed by atoms with Gasteiger partial charge >= 0.3 is 0 Å². The number of carbonyl (C=O) groups excluding carboxylic acids is 1. The van der Waals surface area contributed by atoms with Crippen molar-refractivity contribution in [1.29, 1.82) is 0 Å². The van der Waals surface area contributed by atoms with Crippen LogP contribution in [0.1, 0.15) is 18.9 Å². The van der Waals surface area contributed by atoms with Gasteiger partial charge in [-0.05, 0) is 47.7 Å². The van der Waals surface area contributed by atoms with Crippen LogP contribution in [0.25, 0.3) is 11.1 Å². The molecule has 0 fully saturated rings. The van der Waals surface area contributed by atoms with Gasteiger partial charge in [0, 0.05) is 11.4 Å². The lowest BCUT2D eigenvalue weighted by Crippen LogP contribution is -2.19. The summed E-state index contributed by atoms with van der Waals surface area (Å²) in [4.78, 5) is 13.7. The third-order valence-electron chi connectivity index (χ3n) is 4.53. The molecule has 0 bridgehead atoms. The molecule has 3 aromatic carbocycles. The van der Waals surface area contributed by atoms with Crippen LogP contribution in [0.2, 0.25) is 0 Å². The topological polar surface area (TPSA) is 20.3 Å². The SMILES string of the molecule is CC/C=C\C(=C/Cc1ccccc1)N(C=O)c1cccc(-c2ccccc2)c1. The number of benzene rings is 3. The van der Waals surface area contributed by atoms with E-state index in [1.54, 1.807) is 4.90 Å². The summed E-state index contributed by atoms with van der Waals surface area (Å²) in [7, 11) is 0. The Labute approximate surface area is 167 Å². The molecule has 0 aliphatic heterocycles. The molecule has 0 saturated heterocycles. The van der Waals surface area contributed by atoms with Gasteiger partial charge < -0.3 is 0 Å². The highest BCUT2D eigenvalue weighted by atomic mass is 16.1. The smallest absolute Gasteiger partial charge is 0.218 e. The highest BCUT2D eigenvalue weighted by molar-refractivity contribution is 5.83. The van der Waals surface area contributed by atoms with Crippen LogP contribution in [0.15, 0.2) is 109 Å². The van der Waals surface area contributed by atoms with Gasteiger partial charge in [0.25, 0.3) is 0 Å². The first-order chi connectivity index (χ1) is 13.8. The van der Waals surface area contributed by atoms with Crippen molar-refractivity contribution in [3.05, 3.63) is 114 Å². The second kappa shape index (κ2) is 10.1. The molecule has 3 aromatic rings. The molecule has 140 valence electrons. The zero-order valence-electron chi connectivity index (χ0n) is 16.2. The molecule has 0 spiro atoms. The first kappa shape index (κ1) is 19.4. The third-order valence-corrected chi connectivity index (χ3v) is 4.53. The van der Waals surface area contributed by atoms with Gasteiger partial charge in [-0.15, -0.1) is 0 Å². The standard InChI is InChI=1S/C26H25NO/c1-2-3-16-25(19-18-22-11-6-4-7-12-22)27(21-28)26-17-10-15-24(20-26)23-13-8-5-9-14-23/h3-17,19-21H,2,18H2,1H3/b16-3-,25-19+. The summed E-state index contributed by atoms with van der Waals surface area (Å²) in [6.07, 6.45) is 8.78. The second-order valence-electron chi connectivity index (χ2n) is 6.52. The quantitative estimate of drug-likeness (QED) is 0.333. The molecule has 3 rings (SSSR count). The van der Waals surface area contributed by atoms with E-state index in [4.69, 9.17) is 0 Å². The number of hydrogen-bond donors (Lipinski definition) is 0. The molecule has 0 unspecified atom stereocenters. The van der Waals surface area contributed by atoms with Gasteiger partial charge in [0.2, 0.25) is 6.41 Å². The molecule has 0 aliphatic rings. The molecular weight excluding hydrogens is 342 g/mol. The Morgan fingerprint density at radius 2 is 1.54 bits per heavy atom. The Morgan fingerprint density at radius 3 is 2.21 bits per heavy atom. The fraction of sp³-hybridized carbons (Fsp3) is 0.115. The van der Waals surface area contributed by atoms with Crippen LogP contribution in [0, 0.1) is 0 Å². The van der Waals surface area contributed by atoms with E-state index in [1.165, 1.54) is 5.56 Å². The highest BCUT2D eigenvalue weighted by Crippen LogP contribution is 2.26. The van der Waals surface area contributed by atoms with Gasteiger partial charge in [0.15, 0.2) is 0 Å². The van der Waals surface area contributed by atoms with E-state index in [0.717, 1.165) is 41.8 Å². The normalized spacial score (nSPS) is 11.5. The van der Waals surface area contributed by atoms with Crippen LogP contribution in [0.4, 0.5) is 5.69 Å². The number of carbonyl (C=O) groups is 1. The van der Waals surface area contributed by atoms with Crippen molar-refractivity contribution < 1.29 is 4.79 Å². The number of allylic oxidation sites excluding steroid dienone is 3. The molecule has 0 N–H and O–H groups in total. The molecule has 28 heavy (non-hydrogen) atoms. The molecule has 0 saturated carbocycles. The van der Waals surface area contributed by atoms with Crippen molar-refractivity contribution in [3.8, 4) is 11.1 Å². The molecule has 0 atom stereocenters. The summed E-state index contributed by atoms with van der Waals surface area (Å²) in [6.45, 7) is 2.09. The van der Waals surface area contributed by atoms with Crippen molar-refractivity contribution in [1.82, 2.24) is 0 Å². The van der Waals surface area contributed by atoms with Crippen LogP contribution in [0.3, 0.4) is 0 Å². The fourth-order valence-electron chi connectivity index (χ4n) is 3.06. The second-order valence-corrected chi connectivity index (χ2v) is 6.52. The van der Waals surface area contributed by atoms with Crippen molar-refractivity contribution >= 4 is 12.1 Å². The molecule has 2 heteroatoms. The minimum atomic E-state index is 0.771.